The summed E-state index contributed by atoms with van der Waals surface area (Å²) in [5.74, 6) is 2.80. The molecular formula is C16H19N3O2. The largest absolute Gasteiger partial charge is 0.497 e. The van der Waals surface area contributed by atoms with Crippen LogP contribution in [0.4, 0.5) is 5.82 Å². The number of H-pyrrole nitrogens is 1. The number of aryl methyl sites for hydroxylation is 2. The number of hydrogen-bond acceptors (Lipinski definition) is 4. The fourth-order valence-corrected chi connectivity index (χ4v) is 2.55. The van der Waals surface area contributed by atoms with E-state index >= 15 is 0 Å². The van der Waals surface area contributed by atoms with Crippen molar-refractivity contribution in [3.63, 3.8) is 0 Å². The minimum absolute atomic E-state index is 0.737. The first-order valence-corrected chi connectivity index (χ1v) is 6.96. The summed E-state index contributed by atoms with van der Waals surface area (Å²) in [6.45, 7) is 0.737. The number of nitrogens with zero attached hydrogens (tertiary/aromatic N) is 1. The Morgan fingerprint density at radius 1 is 1.14 bits per heavy atom. The second-order valence-corrected chi connectivity index (χ2v) is 4.99. The van der Waals surface area contributed by atoms with Crippen LogP contribution in [0.2, 0.25) is 0 Å². The number of aromatic nitrogens is 1. The van der Waals surface area contributed by atoms with Gasteiger partial charge in [-0.05, 0) is 42.7 Å². The van der Waals surface area contributed by atoms with Crippen molar-refractivity contribution in [1.29, 1.82) is 0 Å². The number of aromatic amines is 1. The van der Waals surface area contributed by atoms with E-state index in [4.69, 9.17) is 9.47 Å². The van der Waals surface area contributed by atoms with Crippen molar-refractivity contribution in [2.75, 3.05) is 19.5 Å². The fourth-order valence-electron chi connectivity index (χ4n) is 2.55. The van der Waals surface area contributed by atoms with Gasteiger partial charge in [0, 0.05) is 11.3 Å². The van der Waals surface area contributed by atoms with Crippen LogP contribution in [0.1, 0.15) is 16.8 Å². The summed E-state index contributed by atoms with van der Waals surface area (Å²) in [4.78, 5) is 7.60. The van der Waals surface area contributed by atoms with Crippen molar-refractivity contribution in [2.45, 2.75) is 19.4 Å². The molecule has 1 aromatic heterocycles. The molecule has 0 radical (unpaired) electrons. The van der Waals surface area contributed by atoms with Crippen LogP contribution in [0.3, 0.4) is 0 Å². The van der Waals surface area contributed by atoms with Gasteiger partial charge >= 0.3 is 0 Å². The third kappa shape index (κ3) is 2.86. The highest BCUT2D eigenvalue weighted by molar-refractivity contribution is 5.77. The van der Waals surface area contributed by atoms with E-state index in [2.05, 4.69) is 21.4 Å². The van der Waals surface area contributed by atoms with Gasteiger partial charge in [-0.1, -0.05) is 0 Å². The highest BCUT2D eigenvalue weighted by Crippen LogP contribution is 2.26. The van der Waals surface area contributed by atoms with Gasteiger partial charge in [0.2, 0.25) is 0 Å². The molecule has 0 aliphatic carbocycles. The number of aliphatic imine (C=N–C) groups is 1. The normalized spacial score (nSPS) is 12.7. The minimum atomic E-state index is 0.737. The van der Waals surface area contributed by atoms with Crippen molar-refractivity contribution in [3.05, 3.63) is 41.1 Å². The maximum Gasteiger partial charge on any atom is 0.122 e. The Morgan fingerprint density at radius 2 is 2.05 bits per heavy atom. The van der Waals surface area contributed by atoms with E-state index in [0.29, 0.717) is 0 Å². The maximum atomic E-state index is 5.42. The monoisotopic (exact) mass is 285 g/mol. The third-order valence-corrected chi connectivity index (χ3v) is 3.67. The smallest absolute Gasteiger partial charge is 0.122 e. The molecule has 0 amide bonds. The van der Waals surface area contributed by atoms with Crippen LogP contribution < -0.4 is 14.8 Å². The van der Waals surface area contributed by atoms with Gasteiger partial charge in [0.1, 0.15) is 17.3 Å². The van der Waals surface area contributed by atoms with Gasteiger partial charge in [-0.15, -0.1) is 0 Å². The Bertz CT molecular complexity index is 636. The van der Waals surface area contributed by atoms with E-state index in [9.17, 15) is 0 Å². The summed E-state index contributed by atoms with van der Waals surface area (Å²) in [6.07, 6.45) is 3.53. The number of rotatable bonds is 5. The average molecular weight is 285 g/mol. The lowest BCUT2D eigenvalue weighted by Crippen LogP contribution is -2.03. The van der Waals surface area contributed by atoms with E-state index in [1.165, 1.54) is 11.3 Å². The lowest BCUT2D eigenvalue weighted by Gasteiger charge is -2.10. The molecule has 5 heteroatoms. The van der Waals surface area contributed by atoms with E-state index in [0.717, 1.165) is 42.3 Å². The number of fused-ring (bicyclic) bond motifs is 1. The van der Waals surface area contributed by atoms with Crippen molar-refractivity contribution in [2.24, 2.45) is 4.99 Å². The van der Waals surface area contributed by atoms with Crippen LogP contribution in [-0.2, 0) is 19.4 Å². The molecule has 0 atom stereocenters. The predicted octanol–water partition coefficient (Wildman–Crippen LogP) is 2.77. The number of ether oxygens (including phenoxy) is 2. The highest BCUT2D eigenvalue weighted by Gasteiger charge is 2.11. The van der Waals surface area contributed by atoms with Gasteiger partial charge in [-0.2, -0.15) is 0 Å². The lowest BCUT2D eigenvalue weighted by atomic mass is 10.1. The SMILES string of the molecule is COc1ccc(OC)c(CCc2cc3c([nH]2)NC=NC3)c1. The molecule has 2 aromatic rings. The Labute approximate surface area is 124 Å². The first kappa shape index (κ1) is 13.5. The zero-order valence-corrected chi connectivity index (χ0v) is 12.3. The molecule has 0 spiro atoms. The van der Waals surface area contributed by atoms with E-state index in [-0.39, 0.29) is 0 Å². The summed E-state index contributed by atoms with van der Waals surface area (Å²) in [5, 5.41) is 3.13. The van der Waals surface area contributed by atoms with Gasteiger partial charge in [-0.25, -0.2) is 0 Å². The summed E-state index contributed by atoms with van der Waals surface area (Å²) >= 11 is 0. The van der Waals surface area contributed by atoms with Crippen molar-refractivity contribution < 1.29 is 9.47 Å². The number of methoxy groups -OCH3 is 2. The molecule has 0 bridgehead atoms. The molecule has 1 aliphatic rings. The zero-order chi connectivity index (χ0) is 14.7. The van der Waals surface area contributed by atoms with Crippen LogP contribution in [0, 0.1) is 0 Å². The molecule has 2 heterocycles. The van der Waals surface area contributed by atoms with E-state index in [1.807, 2.05) is 18.2 Å². The second-order valence-electron chi connectivity index (χ2n) is 4.99. The predicted molar refractivity (Wildman–Crippen MR) is 83.6 cm³/mol. The molecule has 5 nitrogen and oxygen atoms in total. The van der Waals surface area contributed by atoms with Gasteiger partial charge < -0.3 is 19.8 Å². The van der Waals surface area contributed by atoms with Crippen LogP contribution in [0.5, 0.6) is 11.5 Å². The minimum Gasteiger partial charge on any atom is -0.497 e. The topological polar surface area (TPSA) is 58.6 Å². The molecular weight excluding hydrogens is 266 g/mol. The molecule has 1 aliphatic heterocycles. The van der Waals surface area contributed by atoms with Gasteiger partial charge in [0.05, 0.1) is 27.1 Å². The van der Waals surface area contributed by atoms with Gasteiger partial charge in [0.25, 0.3) is 0 Å². The van der Waals surface area contributed by atoms with E-state index < -0.39 is 0 Å². The molecule has 0 unspecified atom stereocenters. The Hall–Kier alpha value is -2.43. The average Bonchev–Trinajstić information content (AvgIpc) is 2.95. The van der Waals surface area contributed by atoms with Crippen molar-refractivity contribution in [1.82, 2.24) is 4.98 Å². The van der Waals surface area contributed by atoms with Crippen molar-refractivity contribution >= 4 is 12.2 Å². The molecule has 21 heavy (non-hydrogen) atoms. The zero-order valence-electron chi connectivity index (χ0n) is 12.3. The first-order chi connectivity index (χ1) is 10.3. The summed E-state index contributed by atoms with van der Waals surface area (Å²) in [6, 6.07) is 8.06. The number of anilines is 1. The molecule has 3 rings (SSSR count). The molecule has 110 valence electrons. The van der Waals surface area contributed by atoms with Gasteiger partial charge in [-0.3, -0.25) is 4.99 Å². The fraction of sp³-hybridized carbons (Fsp3) is 0.312. The summed E-state index contributed by atoms with van der Waals surface area (Å²) < 4.78 is 10.7. The summed E-state index contributed by atoms with van der Waals surface area (Å²) in [7, 11) is 3.37. The summed E-state index contributed by atoms with van der Waals surface area (Å²) in [5.41, 5.74) is 3.56. The second kappa shape index (κ2) is 5.91. The van der Waals surface area contributed by atoms with Crippen LogP contribution >= 0.6 is 0 Å². The molecule has 0 saturated heterocycles. The first-order valence-electron chi connectivity index (χ1n) is 6.96. The third-order valence-electron chi connectivity index (χ3n) is 3.67. The molecule has 0 fully saturated rings. The number of benzene rings is 1. The highest BCUT2D eigenvalue weighted by atomic mass is 16.5. The van der Waals surface area contributed by atoms with Gasteiger partial charge in [0.15, 0.2) is 0 Å². The molecule has 2 N–H and O–H groups in total. The number of nitrogens with one attached hydrogen (secondary N) is 2. The maximum absolute atomic E-state index is 5.42. The molecule has 0 saturated carbocycles. The lowest BCUT2D eigenvalue weighted by molar-refractivity contribution is 0.398. The van der Waals surface area contributed by atoms with E-state index in [1.54, 1.807) is 20.6 Å². The van der Waals surface area contributed by atoms with Crippen LogP contribution in [0.25, 0.3) is 0 Å². The standard InChI is InChI=1S/C16H19N3O2/c1-20-14-5-6-15(21-2)11(8-14)3-4-13-7-12-9-17-10-18-16(12)19-13/h5-8,10,19H,3-4,9H2,1-2H3,(H,17,18). The molecule has 1 aromatic carbocycles. The van der Waals surface area contributed by atoms with Crippen molar-refractivity contribution in [3.8, 4) is 11.5 Å². The van der Waals surface area contributed by atoms with Crippen LogP contribution in [0.15, 0.2) is 29.3 Å². The Balaban J connectivity index is 1.73. The Kier molecular flexibility index (Phi) is 3.81. The Morgan fingerprint density at radius 3 is 2.81 bits per heavy atom. The number of hydrogen-bond donors (Lipinski definition) is 2. The quantitative estimate of drug-likeness (QED) is 0.888. The van der Waals surface area contributed by atoms with Crippen LogP contribution in [-0.4, -0.2) is 25.5 Å².